The normalized spacial score (nSPS) is 11.6. The van der Waals surface area contributed by atoms with E-state index in [9.17, 15) is 0 Å². The molecule has 2 aromatic rings. The fourth-order valence-electron chi connectivity index (χ4n) is 4.50. The van der Waals surface area contributed by atoms with Crippen LogP contribution < -0.4 is 0 Å². The van der Waals surface area contributed by atoms with Crippen molar-refractivity contribution in [2.75, 3.05) is 0 Å². The maximum absolute atomic E-state index is 2.43. The summed E-state index contributed by atoms with van der Waals surface area (Å²) >= 11 is 0. The van der Waals surface area contributed by atoms with Crippen molar-refractivity contribution in [1.82, 2.24) is 0 Å². The Kier molecular flexibility index (Phi) is 15.0. The molecule has 172 valence electrons. The standard InChI is InChI=1S/C31H48/c1-2-3-4-5-6-7-8-9-10-11-12-13-14-15-16-17-18-19-20-23-29-26-27-30-24-21-22-25-31(30)28-29/h16-17,21-22,24-28H,2-15,18-20,23H2,1H3/b17-16+. The first-order chi connectivity index (χ1) is 15.4. The highest BCUT2D eigenvalue weighted by Gasteiger charge is 1.97. The molecule has 0 saturated carbocycles. The molecule has 0 amide bonds. The first kappa shape index (κ1) is 25.7. The van der Waals surface area contributed by atoms with Gasteiger partial charge >= 0.3 is 0 Å². The van der Waals surface area contributed by atoms with Gasteiger partial charge in [-0.25, -0.2) is 0 Å². The first-order valence-electron chi connectivity index (χ1n) is 13.5. The zero-order valence-corrected chi connectivity index (χ0v) is 20.4. The minimum Gasteiger partial charge on any atom is -0.0885 e. The summed E-state index contributed by atoms with van der Waals surface area (Å²) in [5.74, 6) is 0. The van der Waals surface area contributed by atoms with Crippen molar-refractivity contribution in [3.8, 4) is 0 Å². The molecule has 0 atom stereocenters. The van der Waals surface area contributed by atoms with E-state index in [0.717, 1.165) is 0 Å². The highest BCUT2D eigenvalue weighted by Crippen LogP contribution is 2.17. The fourth-order valence-corrected chi connectivity index (χ4v) is 4.50. The molecule has 0 aliphatic heterocycles. The molecule has 0 bridgehead atoms. The van der Waals surface area contributed by atoms with E-state index in [2.05, 4.69) is 61.5 Å². The second-order valence-electron chi connectivity index (χ2n) is 9.43. The van der Waals surface area contributed by atoms with Crippen molar-refractivity contribution < 1.29 is 0 Å². The minimum absolute atomic E-state index is 1.21. The summed E-state index contributed by atoms with van der Waals surface area (Å²) in [6.45, 7) is 2.30. The van der Waals surface area contributed by atoms with E-state index in [4.69, 9.17) is 0 Å². The summed E-state index contributed by atoms with van der Waals surface area (Å²) in [5.41, 5.74) is 1.48. The molecule has 0 spiro atoms. The van der Waals surface area contributed by atoms with Crippen LogP contribution in [-0.4, -0.2) is 0 Å². The predicted octanol–water partition coefficient (Wildman–Crippen LogP) is 10.6. The van der Waals surface area contributed by atoms with Gasteiger partial charge < -0.3 is 0 Å². The van der Waals surface area contributed by atoms with E-state index < -0.39 is 0 Å². The number of hydrogen-bond donors (Lipinski definition) is 0. The number of allylic oxidation sites excluding steroid dienone is 2. The number of benzene rings is 2. The molecule has 0 saturated heterocycles. The molecule has 0 nitrogen and oxygen atoms in total. The Morgan fingerprint density at radius 1 is 0.516 bits per heavy atom. The van der Waals surface area contributed by atoms with Crippen molar-refractivity contribution in [2.45, 2.75) is 122 Å². The van der Waals surface area contributed by atoms with Crippen LogP contribution in [0, 0.1) is 0 Å². The van der Waals surface area contributed by atoms with Gasteiger partial charge in [-0.1, -0.05) is 139 Å². The molecule has 0 aliphatic rings. The van der Waals surface area contributed by atoms with Crippen LogP contribution in [0.5, 0.6) is 0 Å². The second kappa shape index (κ2) is 18.1. The molecular formula is C31H48. The summed E-state index contributed by atoms with van der Waals surface area (Å²) in [6, 6.07) is 15.6. The number of hydrogen-bond acceptors (Lipinski definition) is 0. The van der Waals surface area contributed by atoms with Gasteiger partial charge in [-0.05, 0) is 54.9 Å². The van der Waals surface area contributed by atoms with Gasteiger partial charge in [0.05, 0.1) is 0 Å². The van der Waals surface area contributed by atoms with E-state index in [-0.39, 0.29) is 0 Å². The molecule has 0 aliphatic carbocycles. The van der Waals surface area contributed by atoms with Crippen LogP contribution in [0.2, 0.25) is 0 Å². The van der Waals surface area contributed by atoms with Crippen LogP contribution in [-0.2, 0) is 6.42 Å². The quantitative estimate of drug-likeness (QED) is 0.156. The monoisotopic (exact) mass is 420 g/mol. The summed E-state index contributed by atoms with van der Waals surface area (Å²) in [7, 11) is 0. The molecule has 0 heteroatoms. The lowest BCUT2D eigenvalue weighted by atomic mass is 10.0. The van der Waals surface area contributed by atoms with Crippen LogP contribution in [0.3, 0.4) is 0 Å². The topological polar surface area (TPSA) is 0 Å². The Balaban J connectivity index is 1.33. The van der Waals surface area contributed by atoms with Gasteiger partial charge in [0.2, 0.25) is 0 Å². The average molecular weight is 421 g/mol. The van der Waals surface area contributed by atoms with Crippen LogP contribution in [0.25, 0.3) is 10.8 Å². The zero-order chi connectivity index (χ0) is 21.8. The highest BCUT2D eigenvalue weighted by atomic mass is 14.0. The molecular weight excluding hydrogens is 372 g/mol. The van der Waals surface area contributed by atoms with Gasteiger partial charge in [-0.3, -0.25) is 0 Å². The van der Waals surface area contributed by atoms with Crippen LogP contribution in [0.1, 0.15) is 122 Å². The van der Waals surface area contributed by atoms with Crippen molar-refractivity contribution in [3.63, 3.8) is 0 Å². The van der Waals surface area contributed by atoms with Gasteiger partial charge in [-0.15, -0.1) is 0 Å². The van der Waals surface area contributed by atoms with E-state index in [1.807, 2.05) is 0 Å². The Labute approximate surface area is 193 Å². The third-order valence-electron chi connectivity index (χ3n) is 6.54. The second-order valence-corrected chi connectivity index (χ2v) is 9.43. The van der Waals surface area contributed by atoms with Crippen LogP contribution in [0.4, 0.5) is 0 Å². The lowest BCUT2D eigenvalue weighted by molar-refractivity contribution is 0.540. The minimum atomic E-state index is 1.21. The summed E-state index contributed by atoms with van der Waals surface area (Å²) in [5, 5.41) is 2.72. The molecule has 0 radical (unpaired) electrons. The molecule has 0 fully saturated rings. The first-order valence-corrected chi connectivity index (χ1v) is 13.5. The van der Waals surface area contributed by atoms with Gasteiger partial charge in [-0.2, -0.15) is 0 Å². The van der Waals surface area contributed by atoms with Gasteiger partial charge in [0.25, 0.3) is 0 Å². The zero-order valence-electron chi connectivity index (χ0n) is 20.4. The number of unbranched alkanes of at least 4 members (excludes halogenated alkanes) is 15. The molecule has 2 aromatic carbocycles. The smallest absolute Gasteiger partial charge is 0.0181 e. The van der Waals surface area contributed by atoms with E-state index in [0.29, 0.717) is 0 Å². The Morgan fingerprint density at radius 2 is 1.03 bits per heavy atom. The number of rotatable bonds is 19. The molecule has 31 heavy (non-hydrogen) atoms. The average Bonchev–Trinajstić information content (AvgIpc) is 2.80. The summed E-state index contributed by atoms with van der Waals surface area (Å²) in [4.78, 5) is 0. The Hall–Kier alpha value is -1.56. The summed E-state index contributed by atoms with van der Waals surface area (Å²) in [6.07, 6.45) is 29.9. The number of aryl methyl sites for hydroxylation is 1. The van der Waals surface area contributed by atoms with E-state index in [1.54, 1.807) is 0 Å². The van der Waals surface area contributed by atoms with Crippen LogP contribution >= 0.6 is 0 Å². The summed E-state index contributed by atoms with van der Waals surface area (Å²) < 4.78 is 0. The van der Waals surface area contributed by atoms with Crippen molar-refractivity contribution in [3.05, 3.63) is 60.2 Å². The lowest BCUT2D eigenvalue weighted by Gasteiger charge is -2.03. The van der Waals surface area contributed by atoms with Gasteiger partial charge in [0, 0.05) is 0 Å². The lowest BCUT2D eigenvalue weighted by Crippen LogP contribution is -1.85. The predicted molar refractivity (Wildman–Crippen MR) is 141 cm³/mol. The van der Waals surface area contributed by atoms with Crippen molar-refractivity contribution >= 4 is 10.8 Å². The largest absolute Gasteiger partial charge is 0.0885 e. The van der Waals surface area contributed by atoms with Crippen molar-refractivity contribution in [1.29, 1.82) is 0 Å². The van der Waals surface area contributed by atoms with Gasteiger partial charge in [0.1, 0.15) is 0 Å². The van der Waals surface area contributed by atoms with E-state index in [1.165, 1.54) is 132 Å². The highest BCUT2D eigenvalue weighted by molar-refractivity contribution is 5.82. The molecule has 2 rings (SSSR count). The molecule has 0 heterocycles. The number of fused-ring (bicyclic) bond motifs is 1. The van der Waals surface area contributed by atoms with Crippen molar-refractivity contribution in [2.24, 2.45) is 0 Å². The Bertz CT molecular complexity index is 696. The van der Waals surface area contributed by atoms with Gasteiger partial charge in [0.15, 0.2) is 0 Å². The molecule has 0 aromatic heterocycles. The SMILES string of the molecule is CCCCCCCCCCCCCCC/C=C/CCCCc1ccc2ccccc2c1. The third kappa shape index (κ3) is 12.8. The maximum atomic E-state index is 2.43. The fraction of sp³-hybridized carbons (Fsp3) is 0.613. The Morgan fingerprint density at radius 3 is 1.65 bits per heavy atom. The maximum Gasteiger partial charge on any atom is -0.0181 e. The third-order valence-corrected chi connectivity index (χ3v) is 6.54. The van der Waals surface area contributed by atoms with E-state index >= 15 is 0 Å². The molecule has 0 N–H and O–H groups in total. The van der Waals surface area contributed by atoms with Crippen LogP contribution in [0.15, 0.2) is 54.6 Å². The molecule has 0 unspecified atom stereocenters.